The van der Waals surface area contributed by atoms with Crippen LogP contribution in [0.5, 0.6) is 0 Å². The summed E-state index contributed by atoms with van der Waals surface area (Å²) in [7, 11) is -0.433. The molecule has 0 aliphatic rings. The predicted octanol–water partition coefficient (Wildman–Crippen LogP) is 3.87. The molecule has 1 amide bonds. The molecule has 0 radical (unpaired) electrons. The Kier molecular flexibility index (Phi) is 9.98. The normalized spacial score (nSPS) is 12.3. The number of methoxy groups -OCH3 is 1. The van der Waals surface area contributed by atoms with Gasteiger partial charge in [-0.05, 0) is 24.7 Å². The first-order chi connectivity index (χ1) is 12.4. The number of hydrogen-bond acceptors (Lipinski definition) is 5. The third-order valence-corrected chi connectivity index (χ3v) is 6.57. The van der Waals surface area contributed by atoms with Gasteiger partial charge in [-0.2, -0.15) is 0 Å². The second-order valence-corrected chi connectivity index (χ2v) is 11.1. The van der Waals surface area contributed by atoms with Crippen molar-refractivity contribution in [1.82, 2.24) is 5.32 Å². The van der Waals surface area contributed by atoms with Gasteiger partial charge in [0.2, 0.25) is 0 Å². The van der Waals surface area contributed by atoms with Crippen molar-refractivity contribution in [3.8, 4) is 0 Å². The van der Waals surface area contributed by atoms with Crippen molar-refractivity contribution in [1.29, 1.82) is 0 Å². The highest BCUT2D eigenvalue weighted by Gasteiger charge is 2.25. The largest absolute Gasteiger partial charge is 0.467 e. The van der Waals surface area contributed by atoms with Crippen LogP contribution in [0.3, 0.4) is 0 Å². The fourth-order valence-electron chi connectivity index (χ4n) is 2.43. The van der Waals surface area contributed by atoms with E-state index in [4.69, 9.17) is 13.9 Å². The van der Waals surface area contributed by atoms with E-state index in [9.17, 15) is 9.59 Å². The van der Waals surface area contributed by atoms with Crippen molar-refractivity contribution < 1.29 is 23.5 Å². The zero-order valence-electron chi connectivity index (χ0n) is 16.2. The Labute approximate surface area is 157 Å². The Morgan fingerprint density at radius 3 is 2.50 bits per heavy atom. The van der Waals surface area contributed by atoms with Gasteiger partial charge >= 0.3 is 12.1 Å². The summed E-state index contributed by atoms with van der Waals surface area (Å²) in [4.78, 5) is 23.9. The molecule has 0 saturated carbocycles. The van der Waals surface area contributed by atoms with Crippen molar-refractivity contribution in [2.24, 2.45) is 0 Å². The van der Waals surface area contributed by atoms with Gasteiger partial charge in [0.1, 0.15) is 12.6 Å². The molecule has 0 heterocycles. The molecule has 0 saturated heterocycles. The lowest BCUT2D eigenvalue weighted by molar-refractivity contribution is -0.143. The minimum atomic E-state index is -1.73. The van der Waals surface area contributed by atoms with Crippen molar-refractivity contribution in [3.05, 3.63) is 35.9 Å². The van der Waals surface area contributed by atoms with Gasteiger partial charge in [0.25, 0.3) is 0 Å². The fraction of sp³-hybridized carbons (Fsp3) is 0.579. The van der Waals surface area contributed by atoms with Crippen LogP contribution in [0.2, 0.25) is 19.1 Å². The summed E-state index contributed by atoms with van der Waals surface area (Å²) in [5.41, 5.74) is 0.879. The molecule has 7 heteroatoms. The van der Waals surface area contributed by atoms with Crippen LogP contribution in [-0.2, 0) is 25.3 Å². The van der Waals surface area contributed by atoms with Crippen molar-refractivity contribution in [3.63, 3.8) is 0 Å². The van der Waals surface area contributed by atoms with E-state index < -0.39 is 26.4 Å². The molecule has 26 heavy (non-hydrogen) atoms. The molecule has 0 spiro atoms. The van der Waals surface area contributed by atoms with Crippen LogP contribution in [0.4, 0.5) is 4.79 Å². The van der Waals surface area contributed by atoms with Crippen molar-refractivity contribution in [2.45, 2.75) is 58.0 Å². The van der Waals surface area contributed by atoms with Crippen LogP contribution in [0.25, 0.3) is 0 Å². The number of ether oxygens (including phenoxy) is 2. The lowest BCUT2D eigenvalue weighted by Crippen LogP contribution is -2.43. The molecule has 146 valence electrons. The summed E-state index contributed by atoms with van der Waals surface area (Å²) in [6.07, 6.45) is 1.99. The lowest BCUT2D eigenvalue weighted by Gasteiger charge is -2.24. The van der Waals surface area contributed by atoms with Crippen LogP contribution in [0.15, 0.2) is 30.3 Å². The Hall–Kier alpha value is -1.86. The molecule has 0 unspecified atom stereocenters. The molecule has 1 atom stereocenters. The second kappa shape index (κ2) is 11.7. The minimum absolute atomic E-state index is 0.147. The van der Waals surface area contributed by atoms with Gasteiger partial charge in [-0.25, -0.2) is 9.59 Å². The zero-order chi connectivity index (χ0) is 19.4. The van der Waals surface area contributed by atoms with E-state index in [-0.39, 0.29) is 6.61 Å². The van der Waals surface area contributed by atoms with E-state index in [0.717, 1.165) is 24.4 Å². The predicted molar refractivity (Wildman–Crippen MR) is 103 cm³/mol. The number of carbonyl (C=O) groups is 2. The Balaban J connectivity index is 2.45. The van der Waals surface area contributed by atoms with Crippen LogP contribution in [-0.4, -0.2) is 40.1 Å². The van der Waals surface area contributed by atoms with E-state index in [1.165, 1.54) is 7.11 Å². The molecule has 0 aromatic heterocycles. The molecule has 0 bridgehead atoms. The van der Waals surface area contributed by atoms with Crippen LogP contribution < -0.4 is 5.32 Å². The third kappa shape index (κ3) is 9.01. The number of hydrogen-bond donors (Lipinski definition) is 1. The average Bonchev–Trinajstić information content (AvgIpc) is 2.64. The number of nitrogens with one attached hydrogen (secondary N) is 1. The molecule has 1 N–H and O–H groups in total. The summed E-state index contributed by atoms with van der Waals surface area (Å²) >= 11 is 0. The maximum atomic E-state index is 12.0. The van der Waals surface area contributed by atoms with Gasteiger partial charge in [-0.1, -0.05) is 50.1 Å². The fourth-order valence-corrected chi connectivity index (χ4v) is 4.45. The maximum absolute atomic E-state index is 12.0. The molecular formula is C19H31NO5Si. The molecule has 1 aromatic rings. The van der Waals surface area contributed by atoms with Gasteiger partial charge in [0, 0.05) is 13.0 Å². The molecule has 6 nitrogen and oxygen atoms in total. The molecular weight excluding hydrogens is 350 g/mol. The minimum Gasteiger partial charge on any atom is -0.467 e. The van der Waals surface area contributed by atoms with Crippen LogP contribution >= 0.6 is 0 Å². The van der Waals surface area contributed by atoms with E-state index in [2.05, 4.69) is 25.3 Å². The first-order valence-electron chi connectivity index (χ1n) is 9.07. The highest BCUT2D eigenvalue weighted by molar-refractivity contribution is 6.71. The molecule has 1 aromatic carbocycles. The number of amides is 1. The Morgan fingerprint density at radius 2 is 1.88 bits per heavy atom. The summed E-state index contributed by atoms with van der Waals surface area (Å²) in [6, 6.07) is 9.66. The summed E-state index contributed by atoms with van der Waals surface area (Å²) in [5.74, 6) is -0.502. The van der Waals surface area contributed by atoms with E-state index in [0.29, 0.717) is 13.0 Å². The zero-order valence-corrected chi connectivity index (χ0v) is 17.2. The number of unbranched alkanes of at least 4 members (excludes halogenated alkanes) is 1. The first-order valence-corrected chi connectivity index (χ1v) is 12.2. The number of alkyl carbamates (subject to hydrolysis) is 1. The standard InChI is InChI=1S/C19H31NO5Si/c1-5-6-14-26(3,4)25-13-12-17(18(21)23-2)20-19(22)24-15-16-10-8-7-9-11-16/h7-11,17H,5-6,12-15H2,1-4H3,(H,20,22)/t17-/m0/s1. The molecule has 0 aliphatic carbocycles. The van der Waals surface area contributed by atoms with Gasteiger partial charge in [0.05, 0.1) is 7.11 Å². The molecule has 0 fully saturated rings. The first kappa shape index (κ1) is 22.2. The quantitative estimate of drug-likeness (QED) is 0.465. The second-order valence-electron chi connectivity index (χ2n) is 6.78. The third-order valence-electron chi connectivity index (χ3n) is 4.02. The highest BCUT2D eigenvalue weighted by Crippen LogP contribution is 2.15. The van der Waals surface area contributed by atoms with Crippen LogP contribution in [0, 0.1) is 0 Å². The van der Waals surface area contributed by atoms with Gasteiger partial charge in [0.15, 0.2) is 8.32 Å². The molecule has 0 aliphatic heterocycles. The monoisotopic (exact) mass is 381 g/mol. The maximum Gasteiger partial charge on any atom is 0.408 e. The van der Waals surface area contributed by atoms with E-state index >= 15 is 0 Å². The topological polar surface area (TPSA) is 73.9 Å². The summed E-state index contributed by atoms with van der Waals surface area (Å²) in [6.45, 7) is 7.03. The van der Waals surface area contributed by atoms with Gasteiger partial charge in [-0.15, -0.1) is 0 Å². The molecule has 1 rings (SSSR count). The van der Waals surface area contributed by atoms with Crippen molar-refractivity contribution in [2.75, 3.05) is 13.7 Å². The number of carbonyl (C=O) groups excluding carboxylic acids is 2. The Morgan fingerprint density at radius 1 is 1.19 bits per heavy atom. The van der Waals surface area contributed by atoms with Gasteiger partial charge in [-0.3, -0.25) is 0 Å². The Bertz CT molecular complexity index is 550. The summed E-state index contributed by atoms with van der Waals surface area (Å²) in [5, 5.41) is 2.57. The van der Waals surface area contributed by atoms with E-state index in [1.807, 2.05) is 30.3 Å². The number of rotatable bonds is 11. The van der Waals surface area contributed by atoms with Crippen molar-refractivity contribution >= 4 is 20.4 Å². The SMILES string of the molecule is CCCC[Si](C)(C)OCC[C@H](NC(=O)OCc1ccccc1)C(=O)OC. The van der Waals surface area contributed by atoms with Crippen LogP contribution in [0.1, 0.15) is 31.7 Å². The van der Waals surface area contributed by atoms with E-state index in [1.54, 1.807) is 0 Å². The average molecular weight is 382 g/mol. The van der Waals surface area contributed by atoms with Gasteiger partial charge < -0.3 is 19.2 Å². The number of benzene rings is 1. The summed E-state index contributed by atoms with van der Waals surface area (Å²) < 4.78 is 15.9. The smallest absolute Gasteiger partial charge is 0.408 e. The lowest BCUT2D eigenvalue weighted by atomic mass is 10.2. The highest BCUT2D eigenvalue weighted by atomic mass is 28.4. The number of esters is 1.